The predicted octanol–water partition coefficient (Wildman–Crippen LogP) is 5.30. The molecule has 0 saturated carbocycles. The molecular formula is C23H25Cl2N5O. The first-order chi connectivity index (χ1) is 14.8. The Labute approximate surface area is 192 Å². The normalized spacial score (nSPS) is 11.9. The van der Waals surface area contributed by atoms with Crippen molar-refractivity contribution in [1.82, 2.24) is 20.3 Å². The summed E-state index contributed by atoms with van der Waals surface area (Å²) in [4.78, 5) is 26.3. The number of carbonyl (C=O) groups is 1. The molecule has 31 heavy (non-hydrogen) atoms. The Morgan fingerprint density at radius 3 is 2.48 bits per heavy atom. The number of pyridine rings is 1. The third-order valence-electron chi connectivity index (χ3n) is 4.66. The second kappa shape index (κ2) is 10.6. The number of aromatic nitrogens is 3. The van der Waals surface area contributed by atoms with Crippen LogP contribution < -0.4 is 10.6 Å². The number of carbonyl (C=O) groups excluding carboxylic acids is 1. The summed E-state index contributed by atoms with van der Waals surface area (Å²) in [6, 6.07) is 12.4. The summed E-state index contributed by atoms with van der Waals surface area (Å²) in [5.74, 6) is 0.985. The van der Waals surface area contributed by atoms with Crippen molar-refractivity contribution in [3.05, 3.63) is 70.0 Å². The second-order valence-corrected chi connectivity index (χ2v) is 8.43. The van der Waals surface area contributed by atoms with Crippen LogP contribution in [-0.4, -0.2) is 26.9 Å². The van der Waals surface area contributed by atoms with Gasteiger partial charge in [0, 0.05) is 17.8 Å². The summed E-state index contributed by atoms with van der Waals surface area (Å²) in [5, 5.41) is 7.18. The minimum Gasteiger partial charge on any atom is -0.357 e. The smallest absolute Gasteiger partial charge is 0.242 e. The van der Waals surface area contributed by atoms with Gasteiger partial charge in [0.2, 0.25) is 5.91 Å². The molecule has 2 heterocycles. The first kappa shape index (κ1) is 23.0. The van der Waals surface area contributed by atoms with Crippen LogP contribution in [0.25, 0.3) is 11.5 Å². The maximum Gasteiger partial charge on any atom is 0.242 e. The molecule has 0 aliphatic heterocycles. The van der Waals surface area contributed by atoms with E-state index in [1.54, 1.807) is 19.2 Å². The minimum absolute atomic E-state index is 0.152. The van der Waals surface area contributed by atoms with Crippen molar-refractivity contribution in [3.63, 3.8) is 0 Å². The molecule has 6 nitrogen and oxygen atoms in total. The molecule has 0 aliphatic carbocycles. The number of hydrogen-bond donors (Lipinski definition) is 2. The summed E-state index contributed by atoms with van der Waals surface area (Å²) >= 11 is 12.7. The minimum atomic E-state index is -0.522. The van der Waals surface area contributed by atoms with E-state index in [0.717, 1.165) is 5.56 Å². The first-order valence-electron chi connectivity index (χ1n) is 10.1. The molecule has 0 radical (unpaired) electrons. The number of rotatable bonds is 8. The monoisotopic (exact) mass is 457 g/mol. The Balaban J connectivity index is 1.82. The van der Waals surface area contributed by atoms with Gasteiger partial charge in [-0.15, -0.1) is 0 Å². The molecule has 0 saturated heterocycles. The second-order valence-electron chi connectivity index (χ2n) is 7.65. The van der Waals surface area contributed by atoms with Crippen LogP contribution in [0.1, 0.15) is 31.5 Å². The number of aryl methyl sites for hydroxylation is 1. The molecule has 3 aromatic rings. The Morgan fingerprint density at radius 2 is 1.81 bits per heavy atom. The summed E-state index contributed by atoms with van der Waals surface area (Å²) in [6.45, 7) is 6.26. The largest absolute Gasteiger partial charge is 0.357 e. The number of nitrogens with one attached hydrogen (secondary N) is 2. The molecule has 2 aromatic heterocycles. The summed E-state index contributed by atoms with van der Waals surface area (Å²) < 4.78 is 0. The lowest BCUT2D eigenvalue weighted by molar-refractivity contribution is -0.122. The van der Waals surface area contributed by atoms with Crippen LogP contribution in [0.2, 0.25) is 10.0 Å². The van der Waals surface area contributed by atoms with Crippen molar-refractivity contribution in [2.75, 3.05) is 5.32 Å². The van der Waals surface area contributed by atoms with E-state index in [-0.39, 0.29) is 11.8 Å². The number of amides is 1. The Hall–Kier alpha value is -2.70. The molecule has 0 bridgehead atoms. The van der Waals surface area contributed by atoms with E-state index in [2.05, 4.69) is 39.4 Å². The van der Waals surface area contributed by atoms with Crippen LogP contribution >= 0.6 is 23.2 Å². The van der Waals surface area contributed by atoms with Crippen LogP contribution in [-0.2, 0) is 11.3 Å². The van der Waals surface area contributed by atoms with E-state index < -0.39 is 6.04 Å². The average molecular weight is 458 g/mol. The quantitative estimate of drug-likeness (QED) is 0.479. The highest BCUT2D eigenvalue weighted by Crippen LogP contribution is 2.27. The number of benzene rings is 1. The zero-order chi connectivity index (χ0) is 22.4. The van der Waals surface area contributed by atoms with Gasteiger partial charge in [0.25, 0.3) is 0 Å². The number of hydrogen-bond acceptors (Lipinski definition) is 5. The molecule has 1 atom stereocenters. The van der Waals surface area contributed by atoms with E-state index in [9.17, 15) is 4.79 Å². The van der Waals surface area contributed by atoms with E-state index in [4.69, 9.17) is 23.2 Å². The lowest BCUT2D eigenvalue weighted by Crippen LogP contribution is -2.40. The maximum atomic E-state index is 13.0. The van der Waals surface area contributed by atoms with Gasteiger partial charge in [0.15, 0.2) is 5.82 Å². The van der Waals surface area contributed by atoms with Crippen molar-refractivity contribution in [2.24, 2.45) is 5.92 Å². The van der Waals surface area contributed by atoms with Gasteiger partial charge in [-0.3, -0.25) is 9.78 Å². The molecule has 2 N–H and O–H groups in total. The van der Waals surface area contributed by atoms with Crippen LogP contribution in [0.4, 0.5) is 5.82 Å². The first-order valence-corrected chi connectivity index (χ1v) is 10.8. The molecule has 1 amide bonds. The van der Waals surface area contributed by atoms with Gasteiger partial charge in [0.05, 0.1) is 5.69 Å². The fourth-order valence-electron chi connectivity index (χ4n) is 3.08. The van der Waals surface area contributed by atoms with E-state index in [1.807, 2.05) is 36.4 Å². The van der Waals surface area contributed by atoms with Crippen LogP contribution in [0.15, 0.2) is 48.7 Å². The van der Waals surface area contributed by atoms with Crippen molar-refractivity contribution in [2.45, 2.75) is 39.8 Å². The molecular weight excluding hydrogens is 433 g/mol. The fraction of sp³-hybridized carbons (Fsp3) is 0.304. The number of anilines is 1. The van der Waals surface area contributed by atoms with Gasteiger partial charge in [-0.25, -0.2) is 9.97 Å². The highest BCUT2D eigenvalue weighted by atomic mass is 35.5. The topological polar surface area (TPSA) is 79.8 Å². The zero-order valence-corrected chi connectivity index (χ0v) is 19.2. The lowest BCUT2D eigenvalue weighted by Gasteiger charge is -2.22. The van der Waals surface area contributed by atoms with Crippen LogP contribution in [0.3, 0.4) is 0 Å². The molecule has 0 fully saturated rings. The standard InChI is InChI=1S/C23H25Cl2N5O/c1-14(2)12-19(23(31)27-13-16-8-4-5-9-17(16)24)29-22-20(25)15(3)28-21(30-22)18-10-6-7-11-26-18/h4-11,14,19H,12-13H2,1-3H3,(H,27,31)(H,28,29,30). The van der Waals surface area contributed by atoms with Crippen molar-refractivity contribution in [3.8, 4) is 11.5 Å². The van der Waals surface area contributed by atoms with Crippen LogP contribution in [0.5, 0.6) is 0 Å². The molecule has 8 heteroatoms. The average Bonchev–Trinajstić information content (AvgIpc) is 2.75. The molecule has 3 rings (SSSR count). The number of halogens is 2. The van der Waals surface area contributed by atoms with E-state index >= 15 is 0 Å². The Morgan fingerprint density at radius 1 is 1.06 bits per heavy atom. The molecule has 162 valence electrons. The Kier molecular flexibility index (Phi) is 7.82. The third-order valence-corrected chi connectivity index (χ3v) is 5.48. The fourth-order valence-corrected chi connectivity index (χ4v) is 3.42. The van der Waals surface area contributed by atoms with E-state index in [0.29, 0.717) is 46.0 Å². The van der Waals surface area contributed by atoms with Gasteiger partial charge in [-0.2, -0.15) is 0 Å². The predicted molar refractivity (Wildman–Crippen MR) is 125 cm³/mol. The molecule has 1 unspecified atom stereocenters. The molecule has 0 aliphatic rings. The Bertz CT molecular complexity index is 1040. The van der Waals surface area contributed by atoms with Crippen molar-refractivity contribution < 1.29 is 4.79 Å². The third kappa shape index (κ3) is 6.15. The van der Waals surface area contributed by atoms with Crippen molar-refractivity contribution >= 4 is 34.9 Å². The lowest BCUT2D eigenvalue weighted by atomic mass is 10.0. The summed E-state index contributed by atoms with van der Waals surface area (Å²) in [6.07, 6.45) is 2.28. The van der Waals surface area contributed by atoms with Gasteiger partial charge in [0.1, 0.15) is 22.6 Å². The van der Waals surface area contributed by atoms with Crippen LogP contribution in [0, 0.1) is 12.8 Å². The summed E-state index contributed by atoms with van der Waals surface area (Å²) in [7, 11) is 0. The summed E-state index contributed by atoms with van der Waals surface area (Å²) in [5.41, 5.74) is 2.10. The molecule has 0 spiro atoms. The highest BCUT2D eigenvalue weighted by Gasteiger charge is 2.23. The maximum absolute atomic E-state index is 13.0. The highest BCUT2D eigenvalue weighted by molar-refractivity contribution is 6.33. The van der Waals surface area contributed by atoms with E-state index in [1.165, 1.54) is 0 Å². The van der Waals surface area contributed by atoms with Gasteiger partial charge >= 0.3 is 0 Å². The van der Waals surface area contributed by atoms with Crippen molar-refractivity contribution in [1.29, 1.82) is 0 Å². The van der Waals surface area contributed by atoms with Gasteiger partial charge in [-0.1, -0.05) is 61.3 Å². The van der Waals surface area contributed by atoms with Gasteiger partial charge in [-0.05, 0) is 43.0 Å². The molecule has 1 aromatic carbocycles. The number of nitrogens with zero attached hydrogens (tertiary/aromatic N) is 3. The van der Waals surface area contributed by atoms with Gasteiger partial charge < -0.3 is 10.6 Å². The SMILES string of the molecule is Cc1nc(-c2ccccn2)nc(NC(CC(C)C)C(=O)NCc2ccccc2Cl)c1Cl. The zero-order valence-electron chi connectivity index (χ0n) is 17.7.